The molecule has 3 nitrogen and oxygen atoms in total. The molecule has 0 aliphatic carbocycles. The molecule has 18 heavy (non-hydrogen) atoms. The number of rotatable bonds is 3. The van der Waals surface area contributed by atoms with Crippen LogP contribution >= 0.6 is 0 Å². The maximum atomic E-state index is 10.0. The van der Waals surface area contributed by atoms with Crippen LogP contribution in [-0.4, -0.2) is 5.11 Å². The highest BCUT2D eigenvalue weighted by Crippen LogP contribution is 2.30. The van der Waals surface area contributed by atoms with Gasteiger partial charge in [-0.05, 0) is 39.8 Å². The second kappa shape index (κ2) is 4.84. The van der Waals surface area contributed by atoms with Crippen molar-refractivity contribution < 1.29 is 14.1 Å². The van der Waals surface area contributed by atoms with E-state index in [2.05, 4.69) is 20.8 Å². The number of nitrogens with zero attached hydrogens (tertiary/aromatic N) is 1. The van der Waals surface area contributed by atoms with Crippen molar-refractivity contribution in [2.75, 3.05) is 0 Å². The van der Waals surface area contributed by atoms with Gasteiger partial charge >= 0.3 is 11.8 Å². The summed E-state index contributed by atoms with van der Waals surface area (Å²) >= 11 is 0. The lowest BCUT2D eigenvalue weighted by Crippen LogP contribution is -2.37. The summed E-state index contributed by atoms with van der Waals surface area (Å²) in [5.74, 6) is 1.06. The van der Waals surface area contributed by atoms with Crippen LogP contribution in [0.3, 0.4) is 0 Å². The zero-order valence-corrected chi connectivity index (χ0v) is 11.4. The van der Waals surface area contributed by atoms with E-state index in [1.807, 2.05) is 35.8 Å². The van der Waals surface area contributed by atoms with E-state index >= 15 is 0 Å². The first-order chi connectivity index (χ1) is 8.54. The predicted molar refractivity (Wildman–Crippen MR) is 70.5 cm³/mol. The summed E-state index contributed by atoms with van der Waals surface area (Å²) in [4.78, 5) is 0. The van der Waals surface area contributed by atoms with Gasteiger partial charge in [0.2, 0.25) is 0 Å². The minimum atomic E-state index is 0.00408. The Hall–Kier alpha value is -1.77. The number of aryl methyl sites for hydroxylation is 1. The molecule has 2 rings (SSSR count). The van der Waals surface area contributed by atoms with Crippen LogP contribution in [-0.2, 0) is 6.54 Å². The molecule has 1 N–H and O–H groups in total. The molecule has 0 amide bonds. The summed E-state index contributed by atoms with van der Waals surface area (Å²) in [6, 6.07) is 8.10. The molecule has 0 saturated carbocycles. The first-order valence-corrected chi connectivity index (χ1v) is 6.37. The molecular formula is C15H20NO2+. The fourth-order valence-corrected chi connectivity index (χ4v) is 2.16. The van der Waals surface area contributed by atoms with Gasteiger partial charge in [-0.15, -0.1) is 0 Å². The van der Waals surface area contributed by atoms with Gasteiger partial charge in [0, 0.05) is 0 Å². The Morgan fingerprint density at radius 3 is 2.33 bits per heavy atom. The van der Waals surface area contributed by atoms with Gasteiger partial charge in [-0.25, -0.2) is 0 Å². The lowest BCUT2D eigenvalue weighted by atomic mass is 10.1. The van der Waals surface area contributed by atoms with Gasteiger partial charge in [-0.1, -0.05) is 17.7 Å². The molecule has 0 aliphatic rings. The van der Waals surface area contributed by atoms with Crippen molar-refractivity contribution in [2.45, 2.75) is 40.2 Å². The Bertz CT molecular complexity index is 538. The average molecular weight is 246 g/mol. The van der Waals surface area contributed by atoms with Crippen molar-refractivity contribution in [3.63, 3.8) is 0 Å². The number of hydrogen-bond acceptors (Lipinski definition) is 2. The minimum absolute atomic E-state index is 0.00408. The quantitative estimate of drug-likeness (QED) is 0.843. The molecule has 3 heteroatoms. The maximum absolute atomic E-state index is 10.0. The normalized spacial score (nSPS) is 11.2. The number of aromatic nitrogens is 1. The van der Waals surface area contributed by atoms with E-state index < -0.39 is 0 Å². The van der Waals surface area contributed by atoms with Crippen molar-refractivity contribution in [3.05, 3.63) is 35.7 Å². The van der Waals surface area contributed by atoms with Crippen LogP contribution < -0.4 is 4.57 Å². The second-order valence-corrected chi connectivity index (χ2v) is 4.86. The summed E-state index contributed by atoms with van der Waals surface area (Å²) in [6.07, 6.45) is 0. The van der Waals surface area contributed by atoms with Crippen molar-refractivity contribution in [2.24, 2.45) is 0 Å². The van der Waals surface area contributed by atoms with E-state index in [0.29, 0.717) is 0 Å². The van der Waals surface area contributed by atoms with Crippen LogP contribution in [0.1, 0.15) is 38.1 Å². The van der Waals surface area contributed by atoms with Crippen LogP contribution in [0.4, 0.5) is 0 Å². The molecule has 1 heterocycles. The number of benzene rings is 1. The van der Waals surface area contributed by atoms with Gasteiger partial charge in [-0.2, -0.15) is 4.57 Å². The molecule has 1 aromatic heterocycles. The molecule has 0 aliphatic heterocycles. The number of hydrogen-bond donors (Lipinski definition) is 1. The van der Waals surface area contributed by atoms with E-state index in [1.165, 1.54) is 5.56 Å². The summed E-state index contributed by atoms with van der Waals surface area (Å²) < 4.78 is 7.53. The highest BCUT2D eigenvalue weighted by molar-refractivity contribution is 5.60. The van der Waals surface area contributed by atoms with Crippen LogP contribution in [0.25, 0.3) is 11.3 Å². The highest BCUT2D eigenvalue weighted by atomic mass is 16.5. The molecule has 0 atom stereocenters. The topological polar surface area (TPSA) is 37.2 Å². The Kier molecular flexibility index (Phi) is 3.41. The van der Waals surface area contributed by atoms with E-state index in [9.17, 15) is 5.11 Å². The second-order valence-electron chi connectivity index (χ2n) is 4.86. The third-order valence-corrected chi connectivity index (χ3v) is 3.07. The van der Waals surface area contributed by atoms with Crippen molar-refractivity contribution in [1.82, 2.24) is 0 Å². The van der Waals surface area contributed by atoms with E-state index in [1.54, 1.807) is 0 Å². The molecule has 0 bridgehead atoms. The largest absolute Gasteiger partial charge is 0.476 e. The average Bonchev–Trinajstić information content (AvgIpc) is 2.67. The third kappa shape index (κ3) is 2.13. The molecule has 0 spiro atoms. The monoisotopic (exact) mass is 246 g/mol. The van der Waals surface area contributed by atoms with Gasteiger partial charge in [0.05, 0.1) is 11.5 Å². The number of aromatic hydroxyl groups is 1. The summed E-state index contributed by atoms with van der Waals surface area (Å²) in [7, 11) is 0. The van der Waals surface area contributed by atoms with E-state index in [4.69, 9.17) is 4.42 Å². The predicted octanol–water partition coefficient (Wildman–Crippen LogP) is 3.39. The Balaban J connectivity index is 2.59. The fourth-order valence-electron chi connectivity index (χ4n) is 2.16. The van der Waals surface area contributed by atoms with Gasteiger partial charge in [-0.3, -0.25) is 0 Å². The molecule has 0 saturated heterocycles. The third-order valence-electron chi connectivity index (χ3n) is 3.07. The Morgan fingerprint density at radius 1 is 1.22 bits per heavy atom. The molecule has 1 aromatic carbocycles. The van der Waals surface area contributed by atoms with E-state index in [0.717, 1.165) is 23.7 Å². The zero-order valence-electron chi connectivity index (χ0n) is 11.4. The molecule has 0 unspecified atom stereocenters. The van der Waals surface area contributed by atoms with Crippen LogP contribution in [0.5, 0.6) is 5.95 Å². The first-order valence-electron chi connectivity index (χ1n) is 6.37. The Labute approximate surface area is 108 Å². The molecule has 2 aromatic rings. The highest BCUT2D eigenvalue weighted by Gasteiger charge is 2.30. The van der Waals surface area contributed by atoms with Crippen molar-refractivity contribution in [1.29, 1.82) is 0 Å². The number of oxazole rings is 1. The molecule has 0 fully saturated rings. The first kappa shape index (κ1) is 12.7. The van der Waals surface area contributed by atoms with Crippen LogP contribution in [0.15, 0.2) is 28.7 Å². The fraction of sp³-hybridized carbons (Fsp3) is 0.400. The van der Waals surface area contributed by atoms with Gasteiger partial charge in [0.1, 0.15) is 6.54 Å². The van der Waals surface area contributed by atoms with Gasteiger partial charge < -0.3 is 9.52 Å². The lowest BCUT2D eigenvalue weighted by molar-refractivity contribution is -0.695. The summed E-state index contributed by atoms with van der Waals surface area (Å²) in [5, 5.41) is 10.0. The summed E-state index contributed by atoms with van der Waals surface area (Å²) in [6.45, 7) is 9.00. The zero-order chi connectivity index (χ0) is 13.3. The molecule has 0 radical (unpaired) electrons. The summed E-state index contributed by atoms with van der Waals surface area (Å²) in [5.41, 5.74) is 2.95. The maximum Gasteiger partial charge on any atom is 0.362 e. The van der Waals surface area contributed by atoms with Crippen LogP contribution in [0.2, 0.25) is 0 Å². The van der Waals surface area contributed by atoms with Crippen molar-refractivity contribution in [3.8, 4) is 17.2 Å². The Morgan fingerprint density at radius 2 is 1.83 bits per heavy atom. The SMILES string of the molecule is CC[n+]1c(C(C)C)oc(O)c1-c1ccc(C)cc1. The molecule has 96 valence electrons. The minimum Gasteiger partial charge on any atom is -0.476 e. The standard InChI is InChI=1S/C15H19NO2/c1-5-16-13(12-8-6-11(4)7-9-12)15(17)18-14(16)10(2)3/h6-10H,5H2,1-4H3/p+1. The van der Waals surface area contributed by atoms with Gasteiger partial charge in [0.25, 0.3) is 5.69 Å². The lowest BCUT2D eigenvalue weighted by Gasteiger charge is -2.00. The van der Waals surface area contributed by atoms with E-state index in [-0.39, 0.29) is 11.9 Å². The smallest absolute Gasteiger partial charge is 0.362 e. The van der Waals surface area contributed by atoms with Gasteiger partial charge in [0.15, 0.2) is 0 Å². The van der Waals surface area contributed by atoms with Crippen LogP contribution in [0, 0.1) is 6.92 Å². The molecular weight excluding hydrogens is 226 g/mol. The van der Waals surface area contributed by atoms with Crippen molar-refractivity contribution >= 4 is 0 Å².